The van der Waals surface area contributed by atoms with Crippen molar-refractivity contribution in [3.63, 3.8) is 0 Å². The first-order valence-corrected chi connectivity index (χ1v) is 5.89. The average molecular weight is 250 g/mol. The molecule has 0 fully saturated rings. The van der Waals surface area contributed by atoms with E-state index in [1.165, 1.54) is 12.1 Å². The summed E-state index contributed by atoms with van der Waals surface area (Å²) in [6.45, 7) is 3.61. The summed E-state index contributed by atoms with van der Waals surface area (Å²) in [5.74, 6) is 0.177. The van der Waals surface area contributed by atoms with Crippen LogP contribution in [0.1, 0.15) is 32.1 Å². The minimum absolute atomic E-state index is 0.195. The fourth-order valence-electron chi connectivity index (χ4n) is 1.85. The largest absolute Gasteiger partial charge is 0.393 e. The Morgan fingerprint density at radius 1 is 1.44 bits per heavy atom. The topological polar surface area (TPSA) is 59.2 Å². The maximum Gasteiger partial charge on any atom is 0.232 e. The van der Waals surface area contributed by atoms with Crippen molar-refractivity contribution < 1.29 is 14.0 Å². The van der Waals surface area contributed by atoms with Crippen LogP contribution in [0.5, 0.6) is 0 Å². The lowest BCUT2D eigenvalue weighted by Gasteiger charge is -2.12. The van der Waals surface area contributed by atoms with Crippen molar-refractivity contribution in [2.45, 2.75) is 32.3 Å². The van der Waals surface area contributed by atoms with Gasteiger partial charge in [0.1, 0.15) is 5.82 Å². The molecule has 2 unspecified atom stereocenters. The van der Waals surface area contributed by atoms with E-state index in [9.17, 15) is 9.50 Å². The van der Waals surface area contributed by atoms with Gasteiger partial charge in [0.05, 0.1) is 12.0 Å². The highest BCUT2D eigenvalue weighted by molar-refractivity contribution is 5.53. The Hall–Kier alpha value is -1.75. The molecule has 0 aliphatic rings. The molecule has 0 spiro atoms. The number of rotatable bonds is 4. The minimum Gasteiger partial charge on any atom is -0.393 e. The molecule has 0 amide bonds. The smallest absolute Gasteiger partial charge is 0.232 e. The summed E-state index contributed by atoms with van der Waals surface area (Å²) in [4.78, 5) is 4.21. The van der Waals surface area contributed by atoms with Gasteiger partial charge in [0.25, 0.3) is 0 Å². The highest BCUT2D eigenvalue weighted by atomic mass is 19.1. The van der Waals surface area contributed by atoms with Crippen molar-refractivity contribution in [3.8, 4) is 11.4 Å². The van der Waals surface area contributed by atoms with Crippen LogP contribution in [-0.2, 0) is 0 Å². The molecule has 2 atom stereocenters. The number of nitrogens with zero attached hydrogens (tertiary/aromatic N) is 2. The summed E-state index contributed by atoms with van der Waals surface area (Å²) in [6.07, 6.45) is 0.137. The zero-order valence-electron chi connectivity index (χ0n) is 10.3. The maximum atomic E-state index is 13.1. The van der Waals surface area contributed by atoms with E-state index >= 15 is 0 Å². The van der Waals surface area contributed by atoms with E-state index in [4.69, 9.17) is 4.52 Å². The van der Waals surface area contributed by atoms with E-state index < -0.39 is 6.10 Å². The van der Waals surface area contributed by atoms with Gasteiger partial charge in [-0.1, -0.05) is 24.2 Å². The third-order valence-corrected chi connectivity index (χ3v) is 2.86. The van der Waals surface area contributed by atoms with E-state index in [0.717, 1.165) is 0 Å². The molecular weight excluding hydrogens is 235 g/mol. The monoisotopic (exact) mass is 250 g/mol. The van der Waals surface area contributed by atoms with E-state index in [1.807, 2.05) is 6.92 Å². The molecular formula is C13H15FN2O2. The quantitative estimate of drug-likeness (QED) is 0.906. The Morgan fingerprint density at radius 2 is 2.22 bits per heavy atom. The van der Waals surface area contributed by atoms with Crippen molar-refractivity contribution in [1.82, 2.24) is 10.1 Å². The van der Waals surface area contributed by atoms with Crippen LogP contribution in [0, 0.1) is 5.82 Å². The second-order valence-electron chi connectivity index (χ2n) is 4.22. The van der Waals surface area contributed by atoms with Crippen LogP contribution < -0.4 is 0 Å². The van der Waals surface area contributed by atoms with E-state index in [2.05, 4.69) is 10.1 Å². The first kappa shape index (κ1) is 12.7. The number of aliphatic hydroxyl groups excluding tert-OH is 1. The van der Waals surface area contributed by atoms with Crippen molar-refractivity contribution in [2.75, 3.05) is 0 Å². The van der Waals surface area contributed by atoms with Gasteiger partial charge in [-0.3, -0.25) is 0 Å². The molecule has 4 nitrogen and oxygen atoms in total. The van der Waals surface area contributed by atoms with Gasteiger partial charge in [0.2, 0.25) is 11.7 Å². The number of benzene rings is 1. The van der Waals surface area contributed by atoms with Crippen LogP contribution in [0.3, 0.4) is 0 Å². The molecule has 0 saturated carbocycles. The van der Waals surface area contributed by atoms with Gasteiger partial charge in [-0.05, 0) is 25.5 Å². The molecule has 1 heterocycles. The first-order chi connectivity index (χ1) is 8.61. The van der Waals surface area contributed by atoms with Crippen LogP contribution in [0.15, 0.2) is 28.8 Å². The SMILES string of the molecule is CCC(c1nc(-c2cccc(F)c2)no1)C(C)O. The normalized spacial score (nSPS) is 14.4. The van der Waals surface area contributed by atoms with E-state index in [-0.39, 0.29) is 11.7 Å². The van der Waals surface area contributed by atoms with Gasteiger partial charge in [-0.2, -0.15) is 4.98 Å². The van der Waals surface area contributed by atoms with Crippen molar-refractivity contribution >= 4 is 0 Å². The number of halogens is 1. The van der Waals surface area contributed by atoms with E-state index in [0.29, 0.717) is 23.7 Å². The standard InChI is InChI=1S/C13H15FN2O2/c1-3-11(8(2)17)13-15-12(16-18-13)9-5-4-6-10(14)7-9/h4-8,11,17H,3H2,1-2H3. The van der Waals surface area contributed by atoms with Gasteiger partial charge in [0.15, 0.2) is 0 Å². The Kier molecular flexibility index (Phi) is 3.72. The molecule has 5 heteroatoms. The summed E-state index contributed by atoms with van der Waals surface area (Å²) >= 11 is 0. The zero-order valence-corrected chi connectivity index (χ0v) is 10.3. The lowest BCUT2D eigenvalue weighted by molar-refractivity contribution is 0.141. The van der Waals surface area contributed by atoms with Gasteiger partial charge in [-0.25, -0.2) is 4.39 Å². The minimum atomic E-state index is -0.559. The molecule has 1 aromatic carbocycles. The Bertz CT molecular complexity index is 525. The molecule has 1 aromatic heterocycles. The maximum absolute atomic E-state index is 13.1. The summed E-state index contributed by atoms with van der Waals surface area (Å²) < 4.78 is 18.2. The molecule has 0 aliphatic carbocycles. The lowest BCUT2D eigenvalue weighted by Crippen LogP contribution is -2.13. The fraction of sp³-hybridized carbons (Fsp3) is 0.385. The molecule has 0 radical (unpaired) electrons. The molecule has 0 bridgehead atoms. The summed E-state index contributed by atoms with van der Waals surface area (Å²) in [5.41, 5.74) is 0.561. The lowest BCUT2D eigenvalue weighted by atomic mass is 10.0. The molecule has 0 saturated heterocycles. The second-order valence-corrected chi connectivity index (χ2v) is 4.22. The molecule has 96 valence electrons. The zero-order chi connectivity index (χ0) is 13.1. The van der Waals surface area contributed by atoms with Crippen molar-refractivity contribution in [2.24, 2.45) is 0 Å². The Balaban J connectivity index is 2.30. The van der Waals surface area contributed by atoms with Crippen LogP contribution in [0.25, 0.3) is 11.4 Å². The van der Waals surface area contributed by atoms with Crippen molar-refractivity contribution in [3.05, 3.63) is 36.0 Å². The van der Waals surface area contributed by atoms with Crippen molar-refractivity contribution in [1.29, 1.82) is 0 Å². The summed E-state index contributed by atoms with van der Waals surface area (Å²) in [6, 6.07) is 6.00. The molecule has 18 heavy (non-hydrogen) atoms. The molecule has 2 rings (SSSR count). The van der Waals surface area contributed by atoms with Gasteiger partial charge >= 0.3 is 0 Å². The van der Waals surface area contributed by atoms with Gasteiger partial charge in [0, 0.05) is 5.56 Å². The highest BCUT2D eigenvalue weighted by Gasteiger charge is 2.22. The highest BCUT2D eigenvalue weighted by Crippen LogP contribution is 2.24. The van der Waals surface area contributed by atoms with Gasteiger partial charge in [-0.15, -0.1) is 0 Å². The number of hydrogen-bond donors (Lipinski definition) is 1. The van der Waals surface area contributed by atoms with Crippen LogP contribution in [0.4, 0.5) is 4.39 Å². The number of aromatic nitrogens is 2. The summed E-state index contributed by atoms with van der Waals surface area (Å²) in [5, 5.41) is 13.4. The molecule has 2 aromatic rings. The first-order valence-electron chi connectivity index (χ1n) is 5.89. The fourth-order valence-corrected chi connectivity index (χ4v) is 1.85. The predicted octanol–water partition coefficient (Wildman–Crippen LogP) is 2.75. The third kappa shape index (κ3) is 2.56. The number of hydrogen-bond acceptors (Lipinski definition) is 4. The molecule has 1 N–H and O–H groups in total. The number of aliphatic hydroxyl groups is 1. The van der Waals surface area contributed by atoms with Gasteiger partial charge < -0.3 is 9.63 Å². The second kappa shape index (κ2) is 5.27. The molecule has 0 aliphatic heterocycles. The predicted molar refractivity (Wildman–Crippen MR) is 64.4 cm³/mol. The Labute approximate surface area is 104 Å². The third-order valence-electron chi connectivity index (χ3n) is 2.86. The van der Waals surface area contributed by atoms with Crippen LogP contribution >= 0.6 is 0 Å². The van der Waals surface area contributed by atoms with E-state index in [1.54, 1.807) is 19.1 Å². The van der Waals surface area contributed by atoms with Crippen LogP contribution in [-0.4, -0.2) is 21.4 Å². The average Bonchev–Trinajstić information content (AvgIpc) is 2.79. The Morgan fingerprint density at radius 3 is 2.83 bits per heavy atom. The summed E-state index contributed by atoms with van der Waals surface area (Å²) in [7, 11) is 0. The van der Waals surface area contributed by atoms with Crippen LogP contribution in [0.2, 0.25) is 0 Å².